The van der Waals surface area contributed by atoms with Crippen LogP contribution in [0.2, 0.25) is 0 Å². The Morgan fingerprint density at radius 3 is 2.35 bits per heavy atom. The summed E-state index contributed by atoms with van der Waals surface area (Å²) in [5.41, 5.74) is 6.12. The molecule has 0 aliphatic carbocycles. The smallest absolute Gasteiger partial charge is 0.264 e. The molecule has 2 rings (SSSR count). The van der Waals surface area contributed by atoms with Gasteiger partial charge in [-0.1, -0.05) is 18.2 Å². The molecule has 10 heteroatoms. The third kappa shape index (κ3) is 5.00. The van der Waals surface area contributed by atoms with Gasteiger partial charge < -0.3 is 25.3 Å². The first-order valence-electron chi connectivity index (χ1n) is 7.96. The van der Waals surface area contributed by atoms with Gasteiger partial charge in [0.2, 0.25) is 0 Å². The number of carbonyl (C=O) groups excluding carboxylic acids is 1. The lowest BCUT2D eigenvalue weighted by atomic mass is 9.96. The van der Waals surface area contributed by atoms with E-state index in [9.17, 15) is 13.2 Å². The molecule has 1 aromatic rings. The molecule has 1 fully saturated rings. The number of carbonyl (C=O) groups is 1. The normalized spacial score (nSPS) is 29.3. The third-order valence-corrected chi connectivity index (χ3v) is 4.57. The summed E-state index contributed by atoms with van der Waals surface area (Å²) in [6, 6.07) is 7.73. The topological polar surface area (TPSA) is 126 Å². The van der Waals surface area contributed by atoms with Crippen LogP contribution >= 0.6 is 0 Å². The van der Waals surface area contributed by atoms with Crippen molar-refractivity contribution in [1.29, 1.82) is 0 Å². The number of benzene rings is 1. The maximum absolute atomic E-state index is 12.5. The van der Waals surface area contributed by atoms with Crippen LogP contribution in [0.3, 0.4) is 0 Å². The molecular formula is C16H24N2O7S. The maximum Gasteiger partial charge on any atom is 0.264 e. The third-order valence-electron chi connectivity index (χ3n) is 4.00. The molecule has 0 spiro atoms. The van der Waals surface area contributed by atoms with Crippen LogP contribution < -0.4 is 11.1 Å². The van der Waals surface area contributed by atoms with Crippen molar-refractivity contribution in [3.8, 4) is 0 Å². The van der Waals surface area contributed by atoms with E-state index < -0.39 is 40.8 Å². The Hall–Kier alpha value is -1.56. The Labute approximate surface area is 152 Å². The zero-order chi connectivity index (χ0) is 19.3. The van der Waals surface area contributed by atoms with E-state index in [4.69, 9.17) is 24.1 Å². The first-order chi connectivity index (χ1) is 12.3. The van der Waals surface area contributed by atoms with Crippen molar-refractivity contribution in [1.82, 2.24) is 5.32 Å². The van der Waals surface area contributed by atoms with E-state index >= 15 is 0 Å². The molecule has 1 saturated heterocycles. The molecule has 0 bridgehead atoms. The van der Waals surface area contributed by atoms with Crippen LogP contribution in [0.15, 0.2) is 30.3 Å². The predicted octanol–water partition coefficient (Wildman–Crippen LogP) is -0.525. The number of nitrogens with one attached hydrogen (secondary N) is 1. The van der Waals surface area contributed by atoms with Crippen LogP contribution in [0.25, 0.3) is 0 Å². The fourth-order valence-electron chi connectivity index (χ4n) is 2.87. The van der Waals surface area contributed by atoms with Crippen LogP contribution in [0.4, 0.5) is 0 Å². The number of ether oxygens (including phenoxy) is 3. The summed E-state index contributed by atoms with van der Waals surface area (Å²) in [6.45, 7) is -0.0146. The second-order valence-electron chi connectivity index (χ2n) is 5.84. The van der Waals surface area contributed by atoms with Crippen molar-refractivity contribution >= 4 is 16.0 Å². The van der Waals surface area contributed by atoms with Crippen molar-refractivity contribution in [2.75, 3.05) is 27.0 Å². The molecule has 0 aromatic heterocycles. The molecule has 146 valence electrons. The molecule has 9 nitrogen and oxygen atoms in total. The van der Waals surface area contributed by atoms with E-state index in [-0.39, 0.29) is 12.5 Å². The minimum Gasteiger partial charge on any atom is -0.376 e. The Kier molecular flexibility index (Phi) is 7.09. The number of hydrogen-bond acceptors (Lipinski definition) is 8. The summed E-state index contributed by atoms with van der Waals surface area (Å²) in [4.78, 5) is 12.5. The molecule has 0 unspecified atom stereocenters. The quantitative estimate of drug-likeness (QED) is 0.597. The highest BCUT2D eigenvalue weighted by molar-refractivity contribution is 7.86. The number of methoxy groups -OCH3 is 2. The van der Waals surface area contributed by atoms with Crippen LogP contribution in [0.5, 0.6) is 0 Å². The lowest BCUT2D eigenvalue weighted by molar-refractivity contribution is -0.251. The van der Waals surface area contributed by atoms with Crippen molar-refractivity contribution in [2.24, 2.45) is 5.73 Å². The number of nitrogens with two attached hydrogens (primary N) is 1. The lowest BCUT2D eigenvalue weighted by Gasteiger charge is -2.44. The lowest BCUT2D eigenvalue weighted by Crippen LogP contribution is -2.66. The van der Waals surface area contributed by atoms with Gasteiger partial charge in [0.25, 0.3) is 16.0 Å². The fourth-order valence-corrected chi connectivity index (χ4v) is 3.51. The van der Waals surface area contributed by atoms with Gasteiger partial charge in [-0.3, -0.25) is 8.98 Å². The summed E-state index contributed by atoms with van der Waals surface area (Å²) >= 11 is 0. The van der Waals surface area contributed by atoms with E-state index in [1.54, 1.807) is 30.3 Å². The Morgan fingerprint density at radius 2 is 1.85 bits per heavy atom. The fraction of sp³-hybridized carbons (Fsp3) is 0.562. The van der Waals surface area contributed by atoms with Gasteiger partial charge in [0.05, 0.1) is 6.26 Å². The van der Waals surface area contributed by atoms with Gasteiger partial charge in [-0.15, -0.1) is 0 Å². The minimum atomic E-state index is -3.81. The van der Waals surface area contributed by atoms with Gasteiger partial charge in [0, 0.05) is 26.3 Å². The largest absolute Gasteiger partial charge is 0.376 e. The van der Waals surface area contributed by atoms with Gasteiger partial charge in [-0.2, -0.15) is 8.42 Å². The summed E-state index contributed by atoms with van der Waals surface area (Å²) in [5.74, 6) is -0.382. The highest BCUT2D eigenvalue weighted by Gasteiger charge is 2.49. The summed E-state index contributed by atoms with van der Waals surface area (Å²) < 4.78 is 44.8. The second kappa shape index (κ2) is 8.89. The second-order valence-corrected chi connectivity index (χ2v) is 7.45. The first kappa shape index (κ1) is 20.7. The summed E-state index contributed by atoms with van der Waals surface area (Å²) in [7, 11) is -1.01. The maximum atomic E-state index is 12.5. The van der Waals surface area contributed by atoms with Crippen LogP contribution in [0, 0.1) is 0 Å². The number of rotatable bonds is 7. The summed E-state index contributed by atoms with van der Waals surface area (Å²) in [6.07, 6.45) is -2.64. The molecule has 1 aliphatic rings. The SMILES string of the molecule is CO[C@@H]1O[C@H](CN)[C@@H](OS(C)(=O)=O)[C@@H](OC)[C@@H]1NC(=O)c1ccccc1. The Morgan fingerprint density at radius 1 is 1.19 bits per heavy atom. The average Bonchev–Trinajstić information content (AvgIpc) is 2.61. The number of amides is 1. The standard InChI is InChI=1S/C16H24N2O7S/c1-22-14-12(18-15(19)10-7-5-4-6-8-10)16(23-2)24-11(9-17)13(14)25-26(3,20)21/h4-8,11-14,16H,9,17H2,1-3H3,(H,18,19)/t11-,12+,13-,14+,16-/m1/s1. The molecule has 5 atom stereocenters. The van der Waals surface area contributed by atoms with Crippen molar-refractivity contribution in [3.05, 3.63) is 35.9 Å². The van der Waals surface area contributed by atoms with Crippen molar-refractivity contribution in [2.45, 2.75) is 30.6 Å². The highest BCUT2D eigenvalue weighted by Crippen LogP contribution is 2.27. The van der Waals surface area contributed by atoms with E-state index in [1.165, 1.54) is 14.2 Å². The van der Waals surface area contributed by atoms with Crippen LogP contribution in [-0.4, -0.2) is 72.0 Å². The monoisotopic (exact) mass is 388 g/mol. The first-order valence-corrected chi connectivity index (χ1v) is 9.77. The van der Waals surface area contributed by atoms with Crippen molar-refractivity contribution in [3.63, 3.8) is 0 Å². The molecule has 26 heavy (non-hydrogen) atoms. The minimum absolute atomic E-state index is 0.0146. The van der Waals surface area contributed by atoms with Crippen LogP contribution in [-0.2, 0) is 28.5 Å². The molecule has 1 amide bonds. The molecule has 0 saturated carbocycles. The zero-order valence-corrected chi connectivity index (χ0v) is 15.6. The Bertz CT molecular complexity index is 698. The Balaban J connectivity index is 2.29. The van der Waals surface area contributed by atoms with E-state index in [2.05, 4.69) is 5.32 Å². The molecule has 0 radical (unpaired) electrons. The molecule has 3 N–H and O–H groups in total. The van der Waals surface area contributed by atoms with Gasteiger partial charge in [0.1, 0.15) is 24.4 Å². The average molecular weight is 388 g/mol. The van der Waals surface area contributed by atoms with Gasteiger partial charge in [0.15, 0.2) is 6.29 Å². The van der Waals surface area contributed by atoms with Crippen LogP contribution in [0.1, 0.15) is 10.4 Å². The highest BCUT2D eigenvalue weighted by atomic mass is 32.2. The van der Waals surface area contributed by atoms with E-state index in [0.717, 1.165) is 6.26 Å². The zero-order valence-electron chi connectivity index (χ0n) is 14.8. The van der Waals surface area contributed by atoms with Crippen molar-refractivity contribution < 1.29 is 31.6 Å². The summed E-state index contributed by atoms with van der Waals surface area (Å²) in [5, 5.41) is 2.77. The predicted molar refractivity (Wildman–Crippen MR) is 92.9 cm³/mol. The van der Waals surface area contributed by atoms with Gasteiger partial charge in [-0.25, -0.2) is 0 Å². The molecule has 1 aliphatic heterocycles. The molecular weight excluding hydrogens is 364 g/mol. The van der Waals surface area contributed by atoms with E-state index in [0.29, 0.717) is 5.56 Å². The number of hydrogen-bond donors (Lipinski definition) is 2. The molecule has 1 aromatic carbocycles. The van der Waals surface area contributed by atoms with E-state index in [1.807, 2.05) is 0 Å². The molecule has 1 heterocycles. The van der Waals surface area contributed by atoms with Gasteiger partial charge in [-0.05, 0) is 12.1 Å². The van der Waals surface area contributed by atoms with Gasteiger partial charge >= 0.3 is 0 Å².